The summed E-state index contributed by atoms with van der Waals surface area (Å²) in [5, 5.41) is 11.5. The van der Waals surface area contributed by atoms with Crippen molar-refractivity contribution in [3.05, 3.63) is 60.2 Å². The van der Waals surface area contributed by atoms with Gasteiger partial charge in [0.25, 0.3) is 0 Å². The third-order valence-corrected chi connectivity index (χ3v) is 4.94. The maximum atomic E-state index is 13.1. The molecular formula is C24H30N2O. The molecule has 27 heavy (non-hydrogen) atoms. The first-order chi connectivity index (χ1) is 12.8. The van der Waals surface area contributed by atoms with E-state index in [2.05, 4.69) is 79.1 Å². The van der Waals surface area contributed by atoms with Gasteiger partial charge in [-0.15, -0.1) is 0 Å². The SMILES string of the molecule is CC(C)NC(=O)C(C)(Cc1c2ccccc2cc2ccccc12)NC(C)C. The second kappa shape index (κ2) is 7.69. The molecule has 0 aromatic heterocycles. The smallest absolute Gasteiger partial charge is 0.240 e. The Balaban J connectivity index is 2.17. The van der Waals surface area contributed by atoms with Crippen molar-refractivity contribution in [2.24, 2.45) is 0 Å². The summed E-state index contributed by atoms with van der Waals surface area (Å²) < 4.78 is 0. The molecule has 1 atom stereocenters. The summed E-state index contributed by atoms with van der Waals surface area (Å²) in [6.45, 7) is 10.2. The van der Waals surface area contributed by atoms with Crippen molar-refractivity contribution in [2.75, 3.05) is 0 Å². The number of rotatable bonds is 6. The van der Waals surface area contributed by atoms with Crippen LogP contribution in [0.2, 0.25) is 0 Å². The van der Waals surface area contributed by atoms with Crippen LogP contribution < -0.4 is 10.6 Å². The molecule has 0 saturated carbocycles. The molecule has 0 spiro atoms. The molecule has 3 rings (SSSR count). The minimum absolute atomic E-state index is 0.0446. The van der Waals surface area contributed by atoms with Gasteiger partial charge in [0.1, 0.15) is 0 Å². The predicted octanol–water partition coefficient (Wildman–Crippen LogP) is 4.82. The lowest BCUT2D eigenvalue weighted by Crippen LogP contribution is -2.59. The highest BCUT2D eigenvalue weighted by Gasteiger charge is 2.35. The van der Waals surface area contributed by atoms with Gasteiger partial charge in [-0.25, -0.2) is 0 Å². The normalized spacial score (nSPS) is 14.0. The molecule has 3 aromatic carbocycles. The molecule has 0 radical (unpaired) electrons. The van der Waals surface area contributed by atoms with E-state index in [1.807, 2.05) is 20.8 Å². The third kappa shape index (κ3) is 4.14. The summed E-state index contributed by atoms with van der Waals surface area (Å²) in [6, 6.07) is 19.4. The van der Waals surface area contributed by atoms with Gasteiger partial charge in [0.05, 0.1) is 5.54 Å². The van der Waals surface area contributed by atoms with E-state index in [9.17, 15) is 4.79 Å². The summed E-state index contributed by atoms with van der Waals surface area (Å²) in [7, 11) is 0. The summed E-state index contributed by atoms with van der Waals surface area (Å²) in [4.78, 5) is 13.1. The van der Waals surface area contributed by atoms with E-state index in [4.69, 9.17) is 0 Å². The first-order valence-electron chi connectivity index (χ1n) is 9.78. The molecule has 142 valence electrons. The molecule has 0 fully saturated rings. The maximum absolute atomic E-state index is 13.1. The Labute approximate surface area is 162 Å². The minimum Gasteiger partial charge on any atom is -0.352 e. The number of carbonyl (C=O) groups excluding carboxylic acids is 1. The lowest BCUT2D eigenvalue weighted by atomic mass is 9.85. The molecule has 2 N–H and O–H groups in total. The van der Waals surface area contributed by atoms with Crippen molar-refractivity contribution in [1.82, 2.24) is 10.6 Å². The summed E-state index contributed by atoms with van der Waals surface area (Å²) in [6.07, 6.45) is 0.631. The molecule has 1 unspecified atom stereocenters. The van der Waals surface area contributed by atoms with Gasteiger partial charge in [-0.3, -0.25) is 4.79 Å². The highest BCUT2D eigenvalue weighted by atomic mass is 16.2. The highest BCUT2D eigenvalue weighted by molar-refractivity contribution is 6.03. The average molecular weight is 363 g/mol. The molecule has 3 nitrogen and oxygen atoms in total. The van der Waals surface area contributed by atoms with Crippen molar-refractivity contribution < 1.29 is 4.79 Å². The molecule has 0 saturated heterocycles. The Morgan fingerprint density at radius 1 is 0.889 bits per heavy atom. The van der Waals surface area contributed by atoms with Gasteiger partial charge in [-0.1, -0.05) is 48.5 Å². The number of hydrogen-bond acceptors (Lipinski definition) is 2. The van der Waals surface area contributed by atoms with Crippen LogP contribution in [0.5, 0.6) is 0 Å². The van der Waals surface area contributed by atoms with Crippen molar-refractivity contribution in [3.63, 3.8) is 0 Å². The molecule has 0 aliphatic heterocycles. The van der Waals surface area contributed by atoms with Crippen LogP contribution in [0.4, 0.5) is 0 Å². The predicted molar refractivity (Wildman–Crippen MR) is 115 cm³/mol. The fourth-order valence-corrected chi connectivity index (χ4v) is 3.91. The molecule has 0 aliphatic carbocycles. The number of hydrogen-bond donors (Lipinski definition) is 2. The third-order valence-electron chi connectivity index (χ3n) is 4.94. The average Bonchev–Trinajstić information content (AvgIpc) is 2.60. The Morgan fingerprint density at radius 2 is 1.41 bits per heavy atom. The topological polar surface area (TPSA) is 41.1 Å². The van der Waals surface area contributed by atoms with Gasteiger partial charge in [0.2, 0.25) is 5.91 Å². The van der Waals surface area contributed by atoms with E-state index >= 15 is 0 Å². The molecule has 3 heteroatoms. The Hall–Kier alpha value is -2.39. The van der Waals surface area contributed by atoms with Crippen LogP contribution in [0, 0.1) is 0 Å². The van der Waals surface area contributed by atoms with Crippen LogP contribution in [0.3, 0.4) is 0 Å². The van der Waals surface area contributed by atoms with Crippen molar-refractivity contribution in [3.8, 4) is 0 Å². The van der Waals surface area contributed by atoms with Gasteiger partial charge in [-0.05, 0) is 67.8 Å². The maximum Gasteiger partial charge on any atom is 0.240 e. The lowest BCUT2D eigenvalue weighted by Gasteiger charge is -2.33. The fraction of sp³-hybridized carbons (Fsp3) is 0.375. The van der Waals surface area contributed by atoms with E-state index in [1.54, 1.807) is 0 Å². The number of carbonyl (C=O) groups is 1. The van der Waals surface area contributed by atoms with E-state index in [0.29, 0.717) is 6.42 Å². The van der Waals surface area contributed by atoms with Gasteiger partial charge in [0.15, 0.2) is 0 Å². The lowest BCUT2D eigenvalue weighted by molar-refractivity contribution is -0.127. The zero-order valence-corrected chi connectivity index (χ0v) is 17.0. The first-order valence-corrected chi connectivity index (χ1v) is 9.78. The van der Waals surface area contributed by atoms with Crippen molar-refractivity contribution >= 4 is 27.5 Å². The largest absolute Gasteiger partial charge is 0.352 e. The van der Waals surface area contributed by atoms with Crippen LogP contribution in [0.15, 0.2) is 54.6 Å². The second-order valence-corrected chi connectivity index (χ2v) is 8.23. The van der Waals surface area contributed by atoms with Gasteiger partial charge >= 0.3 is 0 Å². The van der Waals surface area contributed by atoms with Crippen LogP contribution >= 0.6 is 0 Å². The summed E-state index contributed by atoms with van der Waals surface area (Å²) in [5.41, 5.74) is 0.531. The first kappa shape index (κ1) is 19.4. The van der Waals surface area contributed by atoms with Crippen LogP contribution in [0.1, 0.15) is 40.2 Å². The van der Waals surface area contributed by atoms with Crippen LogP contribution in [-0.4, -0.2) is 23.5 Å². The van der Waals surface area contributed by atoms with Crippen molar-refractivity contribution in [2.45, 2.75) is 58.7 Å². The van der Waals surface area contributed by atoms with Crippen LogP contribution in [0.25, 0.3) is 21.5 Å². The van der Waals surface area contributed by atoms with Gasteiger partial charge in [-0.2, -0.15) is 0 Å². The molecule has 3 aromatic rings. The minimum atomic E-state index is -0.689. The number of nitrogens with one attached hydrogen (secondary N) is 2. The van der Waals surface area contributed by atoms with Crippen LogP contribution in [-0.2, 0) is 11.2 Å². The molecule has 0 bridgehead atoms. The monoisotopic (exact) mass is 362 g/mol. The second-order valence-electron chi connectivity index (χ2n) is 8.23. The Bertz CT molecular complexity index is 907. The van der Waals surface area contributed by atoms with Crippen molar-refractivity contribution in [1.29, 1.82) is 0 Å². The number of amides is 1. The Morgan fingerprint density at radius 3 is 1.89 bits per heavy atom. The molecular weight excluding hydrogens is 332 g/mol. The highest BCUT2D eigenvalue weighted by Crippen LogP contribution is 2.31. The zero-order valence-electron chi connectivity index (χ0n) is 17.0. The quantitative estimate of drug-likeness (QED) is 0.618. The molecule has 0 aliphatic rings. The van der Waals surface area contributed by atoms with E-state index < -0.39 is 5.54 Å². The zero-order chi connectivity index (χ0) is 19.6. The Kier molecular flexibility index (Phi) is 5.52. The van der Waals surface area contributed by atoms with E-state index in [1.165, 1.54) is 27.1 Å². The summed E-state index contributed by atoms with van der Waals surface area (Å²) in [5.74, 6) is 0.0446. The molecule has 0 heterocycles. The fourth-order valence-electron chi connectivity index (χ4n) is 3.91. The van der Waals surface area contributed by atoms with E-state index in [0.717, 1.165) is 0 Å². The van der Waals surface area contributed by atoms with Gasteiger partial charge in [0, 0.05) is 18.5 Å². The van der Waals surface area contributed by atoms with Gasteiger partial charge < -0.3 is 10.6 Å². The number of fused-ring (bicyclic) bond motifs is 2. The van der Waals surface area contributed by atoms with E-state index in [-0.39, 0.29) is 18.0 Å². The number of benzene rings is 3. The standard InChI is InChI=1S/C24H30N2O/c1-16(2)25-23(27)24(5,26-17(3)4)15-22-20-12-8-6-10-18(20)14-19-11-7-9-13-21(19)22/h6-14,16-17,26H,15H2,1-5H3,(H,25,27). The summed E-state index contributed by atoms with van der Waals surface area (Å²) >= 11 is 0. The molecule has 1 amide bonds.